The van der Waals surface area contributed by atoms with E-state index in [0.29, 0.717) is 18.4 Å². The molecule has 0 atom stereocenters. The quantitative estimate of drug-likeness (QED) is 0.664. The summed E-state index contributed by atoms with van der Waals surface area (Å²) in [5.41, 5.74) is 0.404. The van der Waals surface area contributed by atoms with Gasteiger partial charge < -0.3 is 0 Å². The van der Waals surface area contributed by atoms with Crippen molar-refractivity contribution in [2.45, 2.75) is 32.6 Å². The Bertz CT molecular complexity index is 372. The zero-order valence-electron chi connectivity index (χ0n) is 8.82. The fraction of sp³-hybridized carbons (Fsp3) is 0.385. The number of rotatable bonds is 3. The molecule has 0 aliphatic carbocycles. The van der Waals surface area contributed by atoms with Crippen LogP contribution in [0.25, 0.3) is 0 Å². The second kappa shape index (κ2) is 6.19. The van der Waals surface area contributed by atoms with E-state index in [2.05, 4.69) is 18.8 Å². The van der Waals surface area contributed by atoms with E-state index in [1.807, 2.05) is 0 Å². The molecule has 0 spiro atoms. The zero-order valence-corrected chi connectivity index (χ0v) is 8.82. The maximum atomic E-state index is 13.2. The van der Waals surface area contributed by atoms with Crippen LogP contribution in [-0.4, -0.2) is 0 Å². The fourth-order valence-corrected chi connectivity index (χ4v) is 1.24. The highest BCUT2D eigenvalue weighted by Gasteiger charge is 2.05. The highest BCUT2D eigenvalue weighted by Crippen LogP contribution is 2.12. The standard InChI is InChI=1S/C13H14F2/c1-2-3-4-5-6-8-11-9-7-10-12(14)13(11)15/h7,9-10H,2-3,6,8H2,1H3. The molecule has 0 aromatic heterocycles. The van der Waals surface area contributed by atoms with Crippen LogP contribution in [0.1, 0.15) is 31.7 Å². The molecular weight excluding hydrogens is 194 g/mol. The second-order valence-electron chi connectivity index (χ2n) is 3.32. The first-order valence-electron chi connectivity index (χ1n) is 5.14. The lowest BCUT2D eigenvalue weighted by Crippen LogP contribution is -1.93. The first-order chi connectivity index (χ1) is 7.25. The minimum Gasteiger partial charge on any atom is -0.204 e. The lowest BCUT2D eigenvalue weighted by Gasteiger charge is -2.00. The molecular formula is C13H14F2. The van der Waals surface area contributed by atoms with Gasteiger partial charge in [0, 0.05) is 12.8 Å². The first-order valence-corrected chi connectivity index (χ1v) is 5.14. The van der Waals surface area contributed by atoms with Gasteiger partial charge in [0.15, 0.2) is 11.6 Å². The van der Waals surface area contributed by atoms with Gasteiger partial charge in [-0.3, -0.25) is 0 Å². The van der Waals surface area contributed by atoms with E-state index >= 15 is 0 Å². The van der Waals surface area contributed by atoms with Crippen molar-refractivity contribution in [2.24, 2.45) is 0 Å². The molecule has 0 N–H and O–H groups in total. The maximum absolute atomic E-state index is 13.2. The van der Waals surface area contributed by atoms with Gasteiger partial charge in [0.1, 0.15) is 0 Å². The summed E-state index contributed by atoms with van der Waals surface area (Å²) in [4.78, 5) is 0. The van der Waals surface area contributed by atoms with E-state index in [1.165, 1.54) is 6.07 Å². The first kappa shape index (κ1) is 11.7. The Morgan fingerprint density at radius 3 is 2.60 bits per heavy atom. The van der Waals surface area contributed by atoms with E-state index in [1.54, 1.807) is 6.07 Å². The van der Waals surface area contributed by atoms with Crippen molar-refractivity contribution in [2.75, 3.05) is 0 Å². The van der Waals surface area contributed by atoms with Crippen molar-refractivity contribution in [1.82, 2.24) is 0 Å². The van der Waals surface area contributed by atoms with Crippen molar-refractivity contribution >= 4 is 0 Å². The number of hydrogen-bond donors (Lipinski definition) is 0. The van der Waals surface area contributed by atoms with Crippen LogP contribution in [0.4, 0.5) is 8.78 Å². The SMILES string of the molecule is CCCC#CCCc1cccc(F)c1F. The molecule has 80 valence electrons. The van der Waals surface area contributed by atoms with Gasteiger partial charge in [-0.2, -0.15) is 0 Å². The van der Waals surface area contributed by atoms with Gasteiger partial charge in [0.25, 0.3) is 0 Å². The predicted molar refractivity (Wildman–Crippen MR) is 57.4 cm³/mol. The fourth-order valence-electron chi connectivity index (χ4n) is 1.24. The molecule has 0 bridgehead atoms. The number of halogens is 2. The third kappa shape index (κ3) is 3.71. The lowest BCUT2D eigenvalue weighted by molar-refractivity contribution is 0.499. The van der Waals surface area contributed by atoms with Crippen LogP contribution >= 0.6 is 0 Å². The van der Waals surface area contributed by atoms with Crippen molar-refractivity contribution in [3.05, 3.63) is 35.4 Å². The lowest BCUT2D eigenvalue weighted by atomic mass is 10.1. The van der Waals surface area contributed by atoms with Crippen LogP contribution in [0.3, 0.4) is 0 Å². The van der Waals surface area contributed by atoms with E-state index in [-0.39, 0.29) is 0 Å². The summed E-state index contributed by atoms with van der Waals surface area (Å²) < 4.78 is 26.0. The van der Waals surface area contributed by atoms with Gasteiger partial charge >= 0.3 is 0 Å². The Labute approximate surface area is 89.3 Å². The average molecular weight is 208 g/mol. The van der Waals surface area contributed by atoms with Crippen LogP contribution in [0.15, 0.2) is 18.2 Å². The molecule has 0 aliphatic rings. The van der Waals surface area contributed by atoms with Gasteiger partial charge in [0.2, 0.25) is 0 Å². The number of unbranched alkanes of at least 4 members (excludes halogenated alkanes) is 1. The number of hydrogen-bond acceptors (Lipinski definition) is 0. The summed E-state index contributed by atoms with van der Waals surface area (Å²) in [6, 6.07) is 4.24. The van der Waals surface area contributed by atoms with E-state index in [4.69, 9.17) is 0 Å². The summed E-state index contributed by atoms with van der Waals surface area (Å²) in [6.07, 6.45) is 2.95. The molecule has 1 aromatic carbocycles. The van der Waals surface area contributed by atoms with Gasteiger partial charge in [-0.1, -0.05) is 19.1 Å². The van der Waals surface area contributed by atoms with E-state index in [9.17, 15) is 8.78 Å². The largest absolute Gasteiger partial charge is 0.204 e. The Morgan fingerprint density at radius 2 is 1.87 bits per heavy atom. The van der Waals surface area contributed by atoms with Crippen molar-refractivity contribution in [3.8, 4) is 11.8 Å². The monoisotopic (exact) mass is 208 g/mol. The molecule has 2 heteroatoms. The van der Waals surface area contributed by atoms with Crippen LogP contribution in [0, 0.1) is 23.5 Å². The second-order valence-corrected chi connectivity index (χ2v) is 3.32. The molecule has 0 aliphatic heterocycles. The molecule has 0 saturated heterocycles. The molecule has 0 unspecified atom stereocenters. The summed E-state index contributed by atoms with van der Waals surface area (Å²) in [6.45, 7) is 2.06. The summed E-state index contributed by atoms with van der Waals surface area (Å²) in [5.74, 6) is 4.39. The number of benzene rings is 1. The Balaban J connectivity index is 2.52. The molecule has 1 aromatic rings. The Kier molecular flexibility index (Phi) is 4.83. The molecule has 0 saturated carbocycles. The van der Waals surface area contributed by atoms with E-state index in [0.717, 1.165) is 18.9 Å². The van der Waals surface area contributed by atoms with Crippen LogP contribution in [0.2, 0.25) is 0 Å². The molecule has 0 heterocycles. The molecule has 1 rings (SSSR count). The van der Waals surface area contributed by atoms with Crippen molar-refractivity contribution in [3.63, 3.8) is 0 Å². The van der Waals surface area contributed by atoms with E-state index < -0.39 is 11.6 Å². The highest BCUT2D eigenvalue weighted by atomic mass is 19.2. The molecule has 0 radical (unpaired) electrons. The van der Waals surface area contributed by atoms with Crippen LogP contribution in [0.5, 0.6) is 0 Å². The smallest absolute Gasteiger partial charge is 0.162 e. The third-order valence-corrected chi connectivity index (χ3v) is 2.05. The maximum Gasteiger partial charge on any atom is 0.162 e. The molecule has 15 heavy (non-hydrogen) atoms. The number of aryl methyl sites for hydroxylation is 1. The van der Waals surface area contributed by atoms with Gasteiger partial charge in [-0.05, 0) is 24.5 Å². The minimum atomic E-state index is -0.783. The minimum absolute atomic E-state index is 0.404. The van der Waals surface area contributed by atoms with Crippen LogP contribution in [-0.2, 0) is 6.42 Å². The third-order valence-electron chi connectivity index (χ3n) is 2.05. The van der Waals surface area contributed by atoms with Gasteiger partial charge in [-0.25, -0.2) is 8.78 Å². The summed E-state index contributed by atoms with van der Waals surface area (Å²) >= 11 is 0. The Hall–Kier alpha value is -1.36. The van der Waals surface area contributed by atoms with Crippen molar-refractivity contribution < 1.29 is 8.78 Å². The van der Waals surface area contributed by atoms with Crippen molar-refractivity contribution in [1.29, 1.82) is 0 Å². The van der Waals surface area contributed by atoms with Gasteiger partial charge in [-0.15, -0.1) is 11.8 Å². The van der Waals surface area contributed by atoms with Gasteiger partial charge in [0.05, 0.1) is 0 Å². The summed E-state index contributed by atoms with van der Waals surface area (Å²) in [5, 5.41) is 0. The Morgan fingerprint density at radius 1 is 1.13 bits per heavy atom. The topological polar surface area (TPSA) is 0 Å². The predicted octanol–water partition coefficient (Wildman–Crippen LogP) is 3.70. The normalized spacial score (nSPS) is 9.53. The summed E-state index contributed by atoms with van der Waals surface area (Å²) in [7, 11) is 0. The highest BCUT2D eigenvalue weighted by molar-refractivity contribution is 5.20. The molecule has 0 nitrogen and oxygen atoms in total. The molecule has 0 amide bonds. The van der Waals surface area contributed by atoms with Crippen LogP contribution < -0.4 is 0 Å². The average Bonchev–Trinajstić information content (AvgIpc) is 2.24. The zero-order chi connectivity index (χ0) is 11.1. The molecule has 0 fully saturated rings.